The van der Waals surface area contributed by atoms with Gasteiger partial charge in [-0.1, -0.05) is 39.3 Å². The number of quaternary nitrogens is 1. The average molecular weight is 369 g/mol. The number of aliphatic carboxylic acids is 2. The van der Waals surface area contributed by atoms with E-state index in [-0.39, 0.29) is 68.7 Å². The van der Waals surface area contributed by atoms with Crippen molar-refractivity contribution in [3.8, 4) is 0 Å². The van der Waals surface area contributed by atoms with Gasteiger partial charge < -0.3 is 20.1 Å². The Morgan fingerprint density at radius 3 is 2.00 bits per heavy atom. The summed E-state index contributed by atoms with van der Waals surface area (Å²) in [5, 5.41) is 30.9. The summed E-state index contributed by atoms with van der Waals surface area (Å²) < 4.78 is -0.369. The zero-order valence-electron chi connectivity index (χ0n) is 15.5. The molecule has 3 unspecified atom stereocenters. The standard InChI is InChI=1S/C17H31NO5.K/c1-4-7-8-9-10-11-12-18(13-19,14(5-2)16(20)21)15(6-3)17(22)23;/h8-9,14-15,19H,4-7,10-13H2,1-3H3,(H-,20,21,22,23);/q;+1/b9-8+;. The number of carbonyl (C=O) groups is 2. The Morgan fingerprint density at radius 2 is 1.62 bits per heavy atom. The van der Waals surface area contributed by atoms with Crippen molar-refractivity contribution in [1.29, 1.82) is 0 Å². The van der Waals surface area contributed by atoms with E-state index in [4.69, 9.17) is 0 Å². The van der Waals surface area contributed by atoms with Crippen LogP contribution in [0.1, 0.15) is 59.3 Å². The maximum Gasteiger partial charge on any atom is 1.00 e. The summed E-state index contributed by atoms with van der Waals surface area (Å²) in [5.41, 5.74) is 0. The minimum Gasteiger partial charge on any atom is -0.544 e. The van der Waals surface area contributed by atoms with Gasteiger partial charge in [0.15, 0.2) is 12.8 Å². The molecule has 0 heterocycles. The zero-order valence-corrected chi connectivity index (χ0v) is 18.7. The molecule has 0 aromatic carbocycles. The molecule has 0 spiro atoms. The van der Waals surface area contributed by atoms with Crippen molar-refractivity contribution < 1.29 is 80.8 Å². The van der Waals surface area contributed by atoms with Gasteiger partial charge in [-0.2, -0.15) is 0 Å². The summed E-state index contributed by atoms with van der Waals surface area (Å²) in [5.74, 6) is -2.38. The summed E-state index contributed by atoms with van der Waals surface area (Å²) in [6.45, 7) is 5.24. The van der Waals surface area contributed by atoms with Crippen molar-refractivity contribution in [2.45, 2.75) is 71.4 Å². The van der Waals surface area contributed by atoms with Gasteiger partial charge in [0.05, 0.1) is 12.5 Å². The second-order valence-corrected chi connectivity index (χ2v) is 5.88. The van der Waals surface area contributed by atoms with Gasteiger partial charge in [0.25, 0.3) is 0 Å². The van der Waals surface area contributed by atoms with Crippen LogP contribution in [-0.4, -0.2) is 52.0 Å². The second-order valence-electron chi connectivity index (χ2n) is 5.88. The maximum absolute atomic E-state index is 11.6. The Labute approximate surface area is 187 Å². The van der Waals surface area contributed by atoms with Crippen molar-refractivity contribution >= 4 is 11.9 Å². The first-order chi connectivity index (χ1) is 10.9. The van der Waals surface area contributed by atoms with Crippen LogP contribution in [0.4, 0.5) is 0 Å². The molecule has 0 saturated heterocycles. The van der Waals surface area contributed by atoms with Crippen molar-refractivity contribution in [1.82, 2.24) is 0 Å². The number of aliphatic hydroxyl groups excluding tert-OH is 1. The van der Waals surface area contributed by atoms with Gasteiger partial charge in [0.1, 0.15) is 6.04 Å². The Bertz CT molecular complexity index is 378. The van der Waals surface area contributed by atoms with Crippen molar-refractivity contribution in [2.75, 3.05) is 13.3 Å². The van der Waals surface area contributed by atoms with E-state index in [2.05, 4.69) is 13.0 Å². The minimum absolute atomic E-state index is 0. The van der Waals surface area contributed by atoms with Crippen LogP contribution < -0.4 is 56.5 Å². The van der Waals surface area contributed by atoms with E-state index in [1.807, 2.05) is 6.08 Å². The van der Waals surface area contributed by atoms with Crippen LogP contribution >= 0.6 is 0 Å². The van der Waals surface area contributed by atoms with E-state index in [1.54, 1.807) is 13.8 Å². The molecule has 0 aliphatic carbocycles. The topological polar surface area (TPSA) is 97.7 Å². The first kappa shape index (κ1) is 26.5. The van der Waals surface area contributed by atoms with Crippen LogP contribution in [0.25, 0.3) is 0 Å². The van der Waals surface area contributed by atoms with Crippen LogP contribution in [0.15, 0.2) is 12.2 Å². The molecule has 6 nitrogen and oxygen atoms in total. The molecule has 134 valence electrons. The molecule has 0 aromatic rings. The molecule has 24 heavy (non-hydrogen) atoms. The molecule has 3 atom stereocenters. The largest absolute Gasteiger partial charge is 1.00 e. The molecule has 2 N–H and O–H groups in total. The summed E-state index contributed by atoms with van der Waals surface area (Å²) in [4.78, 5) is 23.1. The number of allylic oxidation sites excluding steroid dienone is 2. The van der Waals surface area contributed by atoms with Crippen LogP contribution in [0.3, 0.4) is 0 Å². The molecular formula is C17H31KNO5+. The first-order valence-electron chi connectivity index (χ1n) is 8.47. The number of nitrogens with zero attached hydrogens (tertiary/aromatic N) is 1. The molecule has 0 radical (unpaired) electrons. The molecular weight excluding hydrogens is 337 g/mol. The van der Waals surface area contributed by atoms with Crippen molar-refractivity contribution in [3.63, 3.8) is 0 Å². The zero-order chi connectivity index (χ0) is 17.9. The summed E-state index contributed by atoms with van der Waals surface area (Å²) >= 11 is 0. The average Bonchev–Trinajstić information content (AvgIpc) is 2.50. The fraction of sp³-hybridized carbons (Fsp3) is 0.765. The van der Waals surface area contributed by atoms with E-state index in [0.717, 1.165) is 19.3 Å². The number of carbonyl (C=O) groups excluding carboxylic acids is 1. The fourth-order valence-electron chi connectivity index (χ4n) is 3.20. The van der Waals surface area contributed by atoms with Gasteiger partial charge in [-0.15, -0.1) is 0 Å². The monoisotopic (exact) mass is 368 g/mol. The molecule has 0 saturated carbocycles. The normalized spacial score (nSPS) is 16.2. The van der Waals surface area contributed by atoms with Gasteiger partial charge in [0.2, 0.25) is 0 Å². The van der Waals surface area contributed by atoms with Gasteiger partial charge in [-0.05, 0) is 12.8 Å². The van der Waals surface area contributed by atoms with Crippen molar-refractivity contribution in [3.05, 3.63) is 12.2 Å². The van der Waals surface area contributed by atoms with E-state index < -0.39 is 30.8 Å². The predicted octanol–water partition coefficient (Wildman–Crippen LogP) is -1.71. The second kappa shape index (κ2) is 14.4. The summed E-state index contributed by atoms with van der Waals surface area (Å²) in [6.07, 6.45) is 7.98. The van der Waals surface area contributed by atoms with Gasteiger partial charge in [-0.25, -0.2) is 4.79 Å². The third-order valence-corrected chi connectivity index (χ3v) is 4.40. The van der Waals surface area contributed by atoms with Crippen LogP contribution in [0.2, 0.25) is 0 Å². The van der Waals surface area contributed by atoms with Crippen LogP contribution in [0, 0.1) is 0 Å². The number of hydrogen-bond donors (Lipinski definition) is 2. The number of aliphatic hydroxyl groups is 1. The number of unbranched alkanes of at least 4 members (excludes halogenated alkanes) is 2. The van der Waals surface area contributed by atoms with Crippen LogP contribution in [-0.2, 0) is 9.59 Å². The molecule has 7 heteroatoms. The third-order valence-electron chi connectivity index (χ3n) is 4.40. The summed E-state index contributed by atoms with van der Waals surface area (Å²) in [6, 6.07) is -1.98. The molecule has 0 aromatic heterocycles. The number of carboxylic acid groups (broad SMARTS) is 2. The Kier molecular flexibility index (Phi) is 15.9. The minimum atomic E-state index is -1.30. The van der Waals surface area contributed by atoms with E-state index >= 15 is 0 Å². The Hall–Kier alpha value is 0.236. The maximum atomic E-state index is 11.6. The molecule has 0 bridgehead atoms. The summed E-state index contributed by atoms with van der Waals surface area (Å²) in [7, 11) is 0. The van der Waals surface area contributed by atoms with Gasteiger partial charge in [0, 0.05) is 19.3 Å². The van der Waals surface area contributed by atoms with Crippen LogP contribution in [0.5, 0.6) is 0 Å². The van der Waals surface area contributed by atoms with E-state index in [0.29, 0.717) is 13.0 Å². The van der Waals surface area contributed by atoms with E-state index in [1.165, 1.54) is 0 Å². The van der Waals surface area contributed by atoms with E-state index in [9.17, 15) is 24.9 Å². The van der Waals surface area contributed by atoms with Crippen molar-refractivity contribution in [2.24, 2.45) is 0 Å². The quantitative estimate of drug-likeness (QED) is 0.133. The number of carboxylic acids is 2. The number of rotatable bonds is 13. The molecule has 0 aliphatic heterocycles. The fourth-order valence-corrected chi connectivity index (χ4v) is 3.20. The Balaban J connectivity index is 0. The molecule has 0 amide bonds. The Morgan fingerprint density at radius 1 is 1.08 bits per heavy atom. The molecule has 0 rings (SSSR count). The van der Waals surface area contributed by atoms with Gasteiger partial charge >= 0.3 is 57.4 Å². The van der Waals surface area contributed by atoms with Gasteiger partial charge in [-0.3, -0.25) is 4.48 Å². The number of hydrogen-bond acceptors (Lipinski definition) is 4. The third kappa shape index (κ3) is 7.64. The molecule has 0 aliphatic rings. The SMILES string of the molecule is CCC/C=C/CCC[N+](CO)(C(CC)C(=O)[O-])C(CC)C(=O)O.[K+]. The first-order valence-corrected chi connectivity index (χ1v) is 8.47. The predicted molar refractivity (Wildman–Crippen MR) is 86.3 cm³/mol. The smallest absolute Gasteiger partial charge is 0.544 e. The molecule has 0 fully saturated rings.